The Balaban J connectivity index is 1.54. The van der Waals surface area contributed by atoms with Gasteiger partial charge in [-0.25, -0.2) is 9.50 Å². The van der Waals surface area contributed by atoms with Crippen LogP contribution in [0.25, 0.3) is 5.65 Å². The molecular formula is C14H16N4O3. The van der Waals surface area contributed by atoms with Crippen molar-refractivity contribution in [1.82, 2.24) is 19.5 Å². The molecule has 4 heterocycles. The monoisotopic (exact) mass is 288 g/mol. The Bertz CT molecular complexity index is 668. The van der Waals surface area contributed by atoms with Crippen molar-refractivity contribution in [2.75, 3.05) is 26.3 Å². The summed E-state index contributed by atoms with van der Waals surface area (Å²) in [6.07, 6.45) is 4.71. The van der Waals surface area contributed by atoms with E-state index >= 15 is 0 Å². The Morgan fingerprint density at radius 2 is 1.90 bits per heavy atom. The number of rotatable bonds is 1. The molecule has 110 valence electrons. The van der Waals surface area contributed by atoms with E-state index in [1.807, 2.05) is 4.90 Å². The van der Waals surface area contributed by atoms with E-state index in [0.29, 0.717) is 50.5 Å². The topological polar surface area (TPSA) is 69.0 Å². The number of fused-ring (bicyclic) bond motifs is 1. The molecule has 0 atom stereocenters. The fraction of sp³-hybridized carbons (Fsp3) is 0.500. The highest BCUT2D eigenvalue weighted by atomic mass is 16.7. The molecule has 1 spiro atoms. The molecule has 7 nitrogen and oxygen atoms in total. The number of ether oxygens (including phenoxy) is 2. The van der Waals surface area contributed by atoms with E-state index < -0.39 is 5.79 Å². The number of carbonyl (C=O) groups is 1. The zero-order chi connectivity index (χ0) is 14.3. The Morgan fingerprint density at radius 1 is 1.14 bits per heavy atom. The average molecular weight is 288 g/mol. The van der Waals surface area contributed by atoms with Gasteiger partial charge in [0.05, 0.1) is 19.4 Å². The number of likely N-dealkylation sites (tertiary alicyclic amines) is 1. The number of aromatic nitrogens is 3. The van der Waals surface area contributed by atoms with Gasteiger partial charge >= 0.3 is 0 Å². The lowest BCUT2D eigenvalue weighted by Gasteiger charge is -2.37. The van der Waals surface area contributed by atoms with Crippen LogP contribution < -0.4 is 0 Å². The van der Waals surface area contributed by atoms with Crippen LogP contribution in [0, 0.1) is 0 Å². The first-order valence-corrected chi connectivity index (χ1v) is 7.13. The van der Waals surface area contributed by atoms with Gasteiger partial charge in [-0.2, -0.15) is 5.10 Å². The Labute approximate surface area is 121 Å². The zero-order valence-corrected chi connectivity index (χ0v) is 11.6. The van der Waals surface area contributed by atoms with Crippen LogP contribution in [0.2, 0.25) is 0 Å². The van der Waals surface area contributed by atoms with Gasteiger partial charge < -0.3 is 14.4 Å². The molecule has 7 heteroatoms. The van der Waals surface area contributed by atoms with Crippen LogP contribution in [0.15, 0.2) is 24.5 Å². The number of carbonyl (C=O) groups excluding carboxylic acids is 1. The predicted molar refractivity (Wildman–Crippen MR) is 72.8 cm³/mol. The van der Waals surface area contributed by atoms with Crippen LogP contribution >= 0.6 is 0 Å². The lowest BCUT2D eigenvalue weighted by Crippen LogP contribution is -2.47. The molecule has 2 fully saturated rings. The summed E-state index contributed by atoms with van der Waals surface area (Å²) in [6.45, 7) is 2.55. The van der Waals surface area contributed by atoms with E-state index in [1.54, 1.807) is 29.0 Å². The lowest BCUT2D eigenvalue weighted by molar-refractivity contribution is -0.181. The second-order valence-electron chi connectivity index (χ2n) is 5.33. The van der Waals surface area contributed by atoms with E-state index in [0.717, 1.165) is 0 Å². The van der Waals surface area contributed by atoms with Crippen molar-refractivity contribution in [1.29, 1.82) is 0 Å². The van der Waals surface area contributed by atoms with Crippen molar-refractivity contribution in [2.45, 2.75) is 18.6 Å². The molecule has 0 aromatic carbocycles. The molecule has 4 rings (SSSR count). The molecule has 21 heavy (non-hydrogen) atoms. The van der Waals surface area contributed by atoms with Crippen molar-refractivity contribution >= 4 is 11.6 Å². The van der Waals surface area contributed by atoms with E-state index in [4.69, 9.17) is 9.47 Å². The van der Waals surface area contributed by atoms with Crippen molar-refractivity contribution < 1.29 is 14.3 Å². The third-order valence-electron chi connectivity index (χ3n) is 4.14. The molecular weight excluding hydrogens is 272 g/mol. The number of amides is 1. The van der Waals surface area contributed by atoms with E-state index in [2.05, 4.69) is 10.1 Å². The van der Waals surface area contributed by atoms with Crippen molar-refractivity contribution in [3.8, 4) is 0 Å². The maximum Gasteiger partial charge on any atom is 0.272 e. The summed E-state index contributed by atoms with van der Waals surface area (Å²) in [4.78, 5) is 18.7. The Kier molecular flexibility index (Phi) is 2.90. The summed E-state index contributed by atoms with van der Waals surface area (Å²) in [5.74, 6) is -0.491. The summed E-state index contributed by atoms with van der Waals surface area (Å²) in [5, 5.41) is 4.16. The Hall–Kier alpha value is -1.99. The standard InChI is InChI=1S/C14H16N4O3/c19-13(11-1-5-15-12-2-6-16-18(11)12)17-7-3-14(4-8-17)20-9-10-21-14/h1-2,5-6H,3-4,7-10H2. The minimum atomic E-state index is -0.462. The smallest absolute Gasteiger partial charge is 0.272 e. The highest BCUT2D eigenvalue weighted by Crippen LogP contribution is 2.31. The van der Waals surface area contributed by atoms with E-state index in [9.17, 15) is 4.79 Å². The molecule has 2 aromatic heterocycles. The summed E-state index contributed by atoms with van der Waals surface area (Å²) in [7, 11) is 0. The molecule has 0 saturated carbocycles. The Morgan fingerprint density at radius 3 is 2.67 bits per heavy atom. The average Bonchev–Trinajstić information content (AvgIpc) is 3.16. The summed E-state index contributed by atoms with van der Waals surface area (Å²) >= 11 is 0. The van der Waals surface area contributed by atoms with Crippen molar-refractivity contribution in [3.63, 3.8) is 0 Å². The molecule has 2 aliphatic rings. The highest BCUT2D eigenvalue weighted by molar-refractivity contribution is 5.93. The first-order chi connectivity index (χ1) is 10.3. The molecule has 0 radical (unpaired) electrons. The molecule has 0 unspecified atom stereocenters. The molecule has 0 bridgehead atoms. The van der Waals surface area contributed by atoms with Crippen LogP contribution in [0.4, 0.5) is 0 Å². The predicted octanol–water partition coefficient (Wildman–Crippen LogP) is 0.708. The largest absolute Gasteiger partial charge is 0.347 e. The fourth-order valence-corrected chi connectivity index (χ4v) is 2.99. The van der Waals surface area contributed by atoms with Gasteiger partial charge in [0, 0.05) is 38.2 Å². The van der Waals surface area contributed by atoms with Gasteiger partial charge in [-0.05, 0) is 6.07 Å². The van der Waals surface area contributed by atoms with Crippen LogP contribution in [-0.2, 0) is 9.47 Å². The lowest BCUT2D eigenvalue weighted by atomic mass is 10.0. The summed E-state index contributed by atoms with van der Waals surface area (Å²) in [6, 6.07) is 3.48. The molecule has 1 amide bonds. The normalized spacial score (nSPS) is 21.2. The molecule has 0 N–H and O–H groups in total. The second-order valence-corrected chi connectivity index (χ2v) is 5.33. The van der Waals surface area contributed by atoms with Crippen LogP contribution in [0.3, 0.4) is 0 Å². The van der Waals surface area contributed by atoms with E-state index in [1.165, 1.54) is 0 Å². The first-order valence-electron chi connectivity index (χ1n) is 7.13. The minimum Gasteiger partial charge on any atom is -0.347 e. The van der Waals surface area contributed by atoms with Crippen molar-refractivity contribution in [3.05, 3.63) is 30.2 Å². The number of nitrogens with zero attached hydrogens (tertiary/aromatic N) is 4. The SMILES string of the molecule is O=C(c1ccnc2ccnn12)N1CCC2(CC1)OCCO2. The molecule has 0 aliphatic carbocycles. The highest BCUT2D eigenvalue weighted by Gasteiger charge is 2.41. The van der Waals surface area contributed by atoms with E-state index in [-0.39, 0.29) is 5.91 Å². The van der Waals surface area contributed by atoms with Gasteiger partial charge in [-0.3, -0.25) is 4.79 Å². The number of hydrogen-bond donors (Lipinski definition) is 0. The number of hydrogen-bond acceptors (Lipinski definition) is 5. The van der Waals surface area contributed by atoms with Crippen LogP contribution in [0.1, 0.15) is 23.3 Å². The zero-order valence-electron chi connectivity index (χ0n) is 11.6. The molecule has 2 saturated heterocycles. The van der Waals surface area contributed by atoms with Gasteiger partial charge in [0.2, 0.25) is 0 Å². The van der Waals surface area contributed by atoms with Crippen LogP contribution in [0.5, 0.6) is 0 Å². The van der Waals surface area contributed by atoms with Crippen molar-refractivity contribution in [2.24, 2.45) is 0 Å². The summed E-state index contributed by atoms with van der Waals surface area (Å²) in [5.41, 5.74) is 1.21. The van der Waals surface area contributed by atoms with Crippen LogP contribution in [-0.4, -0.2) is 57.5 Å². The first kappa shape index (κ1) is 12.7. The quantitative estimate of drug-likeness (QED) is 0.773. The maximum atomic E-state index is 12.7. The van der Waals surface area contributed by atoms with Gasteiger partial charge in [0.15, 0.2) is 11.4 Å². The van der Waals surface area contributed by atoms with Gasteiger partial charge in [0.25, 0.3) is 5.91 Å². The maximum absolute atomic E-state index is 12.7. The van der Waals surface area contributed by atoms with Gasteiger partial charge in [-0.15, -0.1) is 0 Å². The number of piperidine rings is 1. The van der Waals surface area contributed by atoms with Gasteiger partial charge in [0.1, 0.15) is 5.69 Å². The third-order valence-corrected chi connectivity index (χ3v) is 4.14. The summed E-state index contributed by atoms with van der Waals surface area (Å²) < 4.78 is 12.9. The molecule has 2 aliphatic heterocycles. The second kappa shape index (κ2) is 4.78. The third kappa shape index (κ3) is 2.09. The fourth-order valence-electron chi connectivity index (χ4n) is 2.99. The minimum absolute atomic E-state index is 0.0288. The molecule has 2 aromatic rings. The van der Waals surface area contributed by atoms with Gasteiger partial charge in [-0.1, -0.05) is 0 Å².